The molecule has 1 nitrogen and oxygen atoms in total. The quantitative estimate of drug-likeness (QED) is 0.709. The smallest absolute Gasteiger partial charge is 0.100 e. The summed E-state index contributed by atoms with van der Waals surface area (Å²) in [5, 5.41) is 1.29. The summed E-state index contributed by atoms with van der Waals surface area (Å²) in [7, 11) is 0. The van der Waals surface area contributed by atoms with E-state index >= 15 is 0 Å². The molecule has 15 heavy (non-hydrogen) atoms. The first-order chi connectivity index (χ1) is 7.34. The third-order valence-electron chi connectivity index (χ3n) is 3.07. The lowest BCUT2D eigenvalue weighted by Gasteiger charge is -2.07. The van der Waals surface area contributed by atoms with Crippen LogP contribution in [0.2, 0.25) is 0 Å². The zero-order valence-electron chi connectivity index (χ0n) is 8.73. The summed E-state index contributed by atoms with van der Waals surface area (Å²) in [6, 6.07) is 8.77. The van der Waals surface area contributed by atoms with Crippen LogP contribution in [0, 0.1) is 6.92 Å². The van der Waals surface area contributed by atoms with E-state index in [0.29, 0.717) is 5.92 Å². The fourth-order valence-corrected chi connectivity index (χ4v) is 3.27. The summed E-state index contributed by atoms with van der Waals surface area (Å²) in [5.74, 6) is 0.555. The molecule has 0 saturated heterocycles. The maximum absolute atomic E-state index is 4.52. The van der Waals surface area contributed by atoms with E-state index in [1.54, 1.807) is 0 Å². The van der Waals surface area contributed by atoms with E-state index in [1.165, 1.54) is 33.9 Å². The van der Waals surface area contributed by atoms with Crippen molar-refractivity contribution in [3.05, 3.63) is 51.5 Å². The predicted molar refractivity (Wildman–Crippen MR) is 63.5 cm³/mol. The van der Waals surface area contributed by atoms with Crippen molar-refractivity contribution in [1.82, 2.24) is 4.98 Å². The molecule has 0 spiro atoms. The van der Waals surface area contributed by atoms with Gasteiger partial charge in [-0.15, -0.1) is 11.3 Å². The first-order valence-electron chi connectivity index (χ1n) is 5.35. The number of aromatic nitrogens is 1. The maximum Gasteiger partial charge on any atom is 0.100 e. The SMILES string of the molecule is Cc1cnc(C2CCc3ccccc32)s1. The standard InChI is InChI=1S/C13H13NS/c1-9-8-14-13(15-9)12-7-6-10-4-2-3-5-11(10)12/h2-5,8,12H,6-7H2,1H3. The maximum atomic E-state index is 4.52. The highest BCUT2D eigenvalue weighted by Crippen LogP contribution is 2.39. The normalized spacial score (nSPS) is 19.1. The highest BCUT2D eigenvalue weighted by molar-refractivity contribution is 7.11. The van der Waals surface area contributed by atoms with E-state index in [1.807, 2.05) is 17.5 Å². The number of fused-ring (bicyclic) bond motifs is 1. The Labute approximate surface area is 93.8 Å². The van der Waals surface area contributed by atoms with Crippen LogP contribution in [0.4, 0.5) is 0 Å². The van der Waals surface area contributed by atoms with Crippen LogP contribution in [0.15, 0.2) is 30.5 Å². The second kappa shape index (κ2) is 3.46. The lowest BCUT2D eigenvalue weighted by Crippen LogP contribution is -1.94. The summed E-state index contributed by atoms with van der Waals surface area (Å²) in [6.45, 7) is 2.13. The van der Waals surface area contributed by atoms with Crippen LogP contribution in [-0.4, -0.2) is 4.98 Å². The van der Waals surface area contributed by atoms with Crippen LogP contribution in [0.25, 0.3) is 0 Å². The molecule has 0 aliphatic heterocycles. The van der Waals surface area contributed by atoms with E-state index in [2.05, 4.69) is 36.2 Å². The van der Waals surface area contributed by atoms with Gasteiger partial charge in [0.25, 0.3) is 0 Å². The molecule has 1 atom stereocenters. The fourth-order valence-electron chi connectivity index (χ4n) is 2.35. The number of benzene rings is 1. The van der Waals surface area contributed by atoms with E-state index in [4.69, 9.17) is 0 Å². The van der Waals surface area contributed by atoms with Crippen LogP contribution in [0.3, 0.4) is 0 Å². The molecule has 0 fully saturated rings. The zero-order chi connectivity index (χ0) is 10.3. The number of nitrogens with zero attached hydrogens (tertiary/aromatic N) is 1. The minimum absolute atomic E-state index is 0.555. The van der Waals surface area contributed by atoms with Crippen molar-refractivity contribution in [3.8, 4) is 0 Å². The van der Waals surface area contributed by atoms with Crippen LogP contribution in [0.5, 0.6) is 0 Å². The molecule has 3 rings (SSSR count). The first-order valence-corrected chi connectivity index (χ1v) is 6.16. The summed E-state index contributed by atoms with van der Waals surface area (Å²) in [4.78, 5) is 5.83. The van der Waals surface area contributed by atoms with Crippen LogP contribution in [0.1, 0.15) is 33.4 Å². The monoisotopic (exact) mass is 215 g/mol. The topological polar surface area (TPSA) is 12.9 Å². The molecule has 0 saturated carbocycles. The molecule has 0 N–H and O–H groups in total. The van der Waals surface area contributed by atoms with Gasteiger partial charge in [-0.3, -0.25) is 0 Å². The molecule has 0 radical (unpaired) electrons. The van der Waals surface area contributed by atoms with Crippen molar-refractivity contribution < 1.29 is 0 Å². The van der Waals surface area contributed by atoms with E-state index in [-0.39, 0.29) is 0 Å². The van der Waals surface area contributed by atoms with Gasteiger partial charge >= 0.3 is 0 Å². The average molecular weight is 215 g/mol. The van der Waals surface area contributed by atoms with Crippen molar-refractivity contribution in [3.63, 3.8) is 0 Å². The number of rotatable bonds is 1. The average Bonchev–Trinajstić information content (AvgIpc) is 2.83. The summed E-state index contributed by atoms with van der Waals surface area (Å²) in [6.07, 6.45) is 4.42. The Bertz CT molecular complexity index is 487. The van der Waals surface area contributed by atoms with Crippen molar-refractivity contribution in [2.24, 2.45) is 0 Å². The van der Waals surface area contributed by atoms with Crippen LogP contribution >= 0.6 is 11.3 Å². The fraction of sp³-hybridized carbons (Fsp3) is 0.308. The molecular formula is C13H13NS. The summed E-state index contributed by atoms with van der Waals surface area (Å²) in [5.41, 5.74) is 3.00. The Kier molecular flexibility index (Phi) is 2.10. The number of aryl methyl sites for hydroxylation is 2. The van der Waals surface area contributed by atoms with Crippen molar-refractivity contribution in [2.45, 2.75) is 25.7 Å². The molecule has 1 aliphatic rings. The van der Waals surface area contributed by atoms with Gasteiger partial charge in [0.1, 0.15) is 5.01 Å². The molecule has 2 heteroatoms. The number of hydrogen-bond donors (Lipinski definition) is 0. The minimum Gasteiger partial charge on any atom is -0.249 e. The number of hydrogen-bond acceptors (Lipinski definition) is 2. The summed E-state index contributed by atoms with van der Waals surface area (Å²) < 4.78 is 0. The highest BCUT2D eigenvalue weighted by Gasteiger charge is 2.25. The second-order valence-corrected chi connectivity index (χ2v) is 5.37. The highest BCUT2D eigenvalue weighted by atomic mass is 32.1. The van der Waals surface area contributed by atoms with Gasteiger partial charge in [-0.2, -0.15) is 0 Å². The predicted octanol–water partition coefficient (Wildman–Crippen LogP) is 3.53. The molecule has 0 bridgehead atoms. The molecule has 76 valence electrons. The molecule has 1 heterocycles. The largest absolute Gasteiger partial charge is 0.249 e. The van der Waals surface area contributed by atoms with Gasteiger partial charge in [0.15, 0.2) is 0 Å². The van der Waals surface area contributed by atoms with Gasteiger partial charge < -0.3 is 0 Å². The Morgan fingerprint density at radius 2 is 2.20 bits per heavy atom. The molecule has 0 amide bonds. The van der Waals surface area contributed by atoms with Crippen molar-refractivity contribution in [1.29, 1.82) is 0 Å². The van der Waals surface area contributed by atoms with Crippen LogP contribution in [-0.2, 0) is 6.42 Å². The van der Waals surface area contributed by atoms with E-state index < -0.39 is 0 Å². The Hall–Kier alpha value is -1.15. The minimum atomic E-state index is 0.555. The van der Waals surface area contributed by atoms with E-state index in [0.717, 1.165) is 0 Å². The zero-order valence-corrected chi connectivity index (χ0v) is 9.55. The van der Waals surface area contributed by atoms with Crippen molar-refractivity contribution >= 4 is 11.3 Å². The number of thiazole rings is 1. The van der Waals surface area contributed by atoms with Crippen LogP contribution < -0.4 is 0 Å². The van der Waals surface area contributed by atoms with Crippen molar-refractivity contribution in [2.75, 3.05) is 0 Å². The molecular weight excluding hydrogens is 202 g/mol. The Balaban J connectivity index is 2.04. The lowest BCUT2D eigenvalue weighted by molar-refractivity contribution is 0.780. The lowest BCUT2D eigenvalue weighted by atomic mass is 10.0. The molecule has 1 aromatic heterocycles. The molecule has 2 aromatic rings. The summed E-state index contributed by atoms with van der Waals surface area (Å²) >= 11 is 1.84. The van der Waals surface area contributed by atoms with Gasteiger partial charge in [0, 0.05) is 17.0 Å². The van der Waals surface area contributed by atoms with Gasteiger partial charge in [0.05, 0.1) is 0 Å². The van der Waals surface area contributed by atoms with Gasteiger partial charge in [-0.05, 0) is 30.9 Å². The molecule has 1 aromatic carbocycles. The molecule has 1 aliphatic carbocycles. The molecule has 1 unspecified atom stereocenters. The second-order valence-electron chi connectivity index (χ2n) is 4.10. The van der Waals surface area contributed by atoms with Gasteiger partial charge in [-0.25, -0.2) is 4.98 Å². The Morgan fingerprint density at radius 3 is 3.00 bits per heavy atom. The third-order valence-corrected chi connectivity index (χ3v) is 4.10. The Morgan fingerprint density at radius 1 is 1.33 bits per heavy atom. The van der Waals surface area contributed by atoms with E-state index in [9.17, 15) is 0 Å². The van der Waals surface area contributed by atoms with Gasteiger partial charge in [-0.1, -0.05) is 24.3 Å². The first kappa shape index (κ1) is 9.10. The van der Waals surface area contributed by atoms with Gasteiger partial charge in [0.2, 0.25) is 0 Å². The third kappa shape index (κ3) is 1.49.